The molecule has 2 nitrogen and oxygen atoms in total. The fourth-order valence-electron chi connectivity index (χ4n) is 2.92. The average Bonchev–Trinajstić information content (AvgIpc) is 2.03. The monoisotopic (exact) mass is 181 g/mol. The zero-order valence-electron chi connectivity index (χ0n) is 8.55. The van der Waals surface area contributed by atoms with Crippen LogP contribution in [0.3, 0.4) is 0 Å². The van der Waals surface area contributed by atoms with Crippen molar-refractivity contribution in [2.75, 3.05) is 6.54 Å². The summed E-state index contributed by atoms with van der Waals surface area (Å²) in [4.78, 5) is 11.4. The Labute approximate surface area is 80.1 Å². The number of amides is 1. The van der Waals surface area contributed by atoms with E-state index in [9.17, 15) is 4.79 Å². The maximum absolute atomic E-state index is 11.4. The van der Waals surface area contributed by atoms with E-state index >= 15 is 0 Å². The van der Waals surface area contributed by atoms with Crippen LogP contribution in [-0.2, 0) is 4.79 Å². The van der Waals surface area contributed by atoms with Gasteiger partial charge in [-0.25, -0.2) is 0 Å². The van der Waals surface area contributed by atoms with E-state index in [4.69, 9.17) is 0 Å². The average molecular weight is 181 g/mol. The smallest absolute Gasteiger partial charge is 0.223 e. The number of rotatable bonds is 2. The summed E-state index contributed by atoms with van der Waals surface area (Å²) >= 11 is 0. The highest BCUT2D eigenvalue weighted by molar-refractivity contribution is 5.80. The molecule has 1 heterocycles. The molecule has 0 radical (unpaired) electrons. The number of carbonyl (C=O) groups is 1. The van der Waals surface area contributed by atoms with Gasteiger partial charge >= 0.3 is 0 Å². The van der Waals surface area contributed by atoms with Crippen LogP contribution in [0.25, 0.3) is 0 Å². The molecular weight excluding hydrogens is 162 g/mol. The van der Waals surface area contributed by atoms with Crippen molar-refractivity contribution in [3.05, 3.63) is 0 Å². The second kappa shape index (κ2) is 3.32. The second-order valence-electron chi connectivity index (χ2n) is 4.98. The van der Waals surface area contributed by atoms with Gasteiger partial charge in [-0.2, -0.15) is 0 Å². The van der Waals surface area contributed by atoms with E-state index in [0.29, 0.717) is 11.8 Å². The highest BCUT2D eigenvalue weighted by Crippen LogP contribution is 2.47. The first-order valence-electron chi connectivity index (χ1n) is 5.46. The normalized spacial score (nSPS) is 38.1. The number of fused-ring (bicyclic) bond motifs is 1. The molecule has 0 spiro atoms. The van der Waals surface area contributed by atoms with Crippen molar-refractivity contribution in [3.8, 4) is 0 Å². The minimum absolute atomic E-state index is 0.316. The Balaban J connectivity index is 1.89. The van der Waals surface area contributed by atoms with E-state index in [-0.39, 0.29) is 0 Å². The van der Waals surface area contributed by atoms with Gasteiger partial charge in [0.15, 0.2) is 0 Å². The first-order valence-corrected chi connectivity index (χ1v) is 5.46. The fourth-order valence-corrected chi connectivity index (χ4v) is 2.92. The van der Waals surface area contributed by atoms with Crippen LogP contribution >= 0.6 is 0 Å². The zero-order chi connectivity index (χ0) is 9.42. The van der Waals surface area contributed by atoms with Crippen molar-refractivity contribution in [2.45, 2.75) is 33.1 Å². The Morgan fingerprint density at radius 1 is 1.54 bits per heavy atom. The standard InChI is InChI=1S/C11H19NO/c1-7(2)5-8-6-10-9(8)3-4-12-11(10)13/h7-10H,3-6H2,1-2H3,(H,12,13)/t8?,9-,10?/m0/s1. The van der Waals surface area contributed by atoms with Crippen LogP contribution in [0.15, 0.2) is 0 Å². The van der Waals surface area contributed by atoms with Crippen molar-refractivity contribution in [3.63, 3.8) is 0 Å². The molecule has 1 N–H and O–H groups in total. The van der Waals surface area contributed by atoms with Gasteiger partial charge in [0, 0.05) is 12.5 Å². The van der Waals surface area contributed by atoms with E-state index in [1.54, 1.807) is 0 Å². The summed E-state index contributed by atoms with van der Waals surface area (Å²) in [6.45, 7) is 5.46. The van der Waals surface area contributed by atoms with Gasteiger partial charge in [0.25, 0.3) is 0 Å². The zero-order valence-corrected chi connectivity index (χ0v) is 8.55. The predicted octanol–water partition coefficient (Wildman–Crippen LogP) is 1.80. The first-order chi connectivity index (χ1) is 6.18. The lowest BCUT2D eigenvalue weighted by molar-refractivity contribution is -0.137. The van der Waals surface area contributed by atoms with Crippen molar-refractivity contribution in [2.24, 2.45) is 23.7 Å². The highest BCUT2D eigenvalue weighted by Gasteiger charge is 2.46. The van der Waals surface area contributed by atoms with Crippen molar-refractivity contribution in [1.82, 2.24) is 5.32 Å². The molecule has 74 valence electrons. The third kappa shape index (κ3) is 1.59. The number of nitrogens with one attached hydrogen (secondary N) is 1. The van der Waals surface area contributed by atoms with Gasteiger partial charge < -0.3 is 5.32 Å². The van der Waals surface area contributed by atoms with Gasteiger partial charge in [0.2, 0.25) is 5.91 Å². The van der Waals surface area contributed by atoms with Crippen LogP contribution < -0.4 is 5.32 Å². The molecule has 3 atom stereocenters. The lowest BCUT2D eigenvalue weighted by Gasteiger charge is -2.47. The van der Waals surface area contributed by atoms with Crippen LogP contribution in [-0.4, -0.2) is 12.5 Å². The first kappa shape index (κ1) is 9.04. The molecule has 1 saturated heterocycles. The molecule has 13 heavy (non-hydrogen) atoms. The Morgan fingerprint density at radius 3 is 3.00 bits per heavy atom. The number of hydrogen-bond acceptors (Lipinski definition) is 1. The Bertz CT molecular complexity index is 212. The SMILES string of the molecule is CC(C)CC1CC2C(=O)NCC[C@@H]12. The van der Waals surface area contributed by atoms with E-state index < -0.39 is 0 Å². The molecule has 1 saturated carbocycles. The number of hydrogen-bond donors (Lipinski definition) is 1. The lowest BCUT2D eigenvalue weighted by atomic mass is 9.59. The minimum atomic E-state index is 0.316. The van der Waals surface area contributed by atoms with Crippen molar-refractivity contribution >= 4 is 5.91 Å². The Morgan fingerprint density at radius 2 is 2.31 bits per heavy atom. The molecule has 0 aromatic rings. The third-order valence-corrected chi connectivity index (χ3v) is 3.57. The number of piperidine rings is 1. The Kier molecular flexibility index (Phi) is 2.31. The number of carbonyl (C=O) groups excluding carboxylic acids is 1. The van der Waals surface area contributed by atoms with Gasteiger partial charge in [-0.3, -0.25) is 4.79 Å². The van der Waals surface area contributed by atoms with Crippen molar-refractivity contribution in [1.29, 1.82) is 0 Å². The summed E-state index contributed by atoms with van der Waals surface area (Å²) in [5.41, 5.74) is 0. The van der Waals surface area contributed by atoms with Gasteiger partial charge in [-0.05, 0) is 37.0 Å². The second-order valence-corrected chi connectivity index (χ2v) is 4.98. The molecule has 2 unspecified atom stereocenters. The van der Waals surface area contributed by atoms with Crippen LogP contribution in [0.2, 0.25) is 0 Å². The molecule has 2 rings (SSSR count). The van der Waals surface area contributed by atoms with Gasteiger partial charge in [0.05, 0.1) is 0 Å². The molecule has 2 aliphatic rings. The van der Waals surface area contributed by atoms with Crippen LogP contribution in [0, 0.1) is 23.7 Å². The van der Waals surface area contributed by atoms with Gasteiger partial charge in [-0.15, -0.1) is 0 Å². The highest BCUT2D eigenvalue weighted by atomic mass is 16.2. The van der Waals surface area contributed by atoms with Crippen LogP contribution in [0.1, 0.15) is 33.1 Å². The fraction of sp³-hybridized carbons (Fsp3) is 0.909. The quantitative estimate of drug-likeness (QED) is 0.691. The van der Waals surface area contributed by atoms with E-state index in [1.165, 1.54) is 12.8 Å². The summed E-state index contributed by atoms with van der Waals surface area (Å²) in [6.07, 6.45) is 3.68. The van der Waals surface area contributed by atoms with Crippen LogP contribution in [0.5, 0.6) is 0 Å². The maximum Gasteiger partial charge on any atom is 0.223 e. The molecular formula is C11H19NO. The van der Waals surface area contributed by atoms with Gasteiger partial charge in [0.1, 0.15) is 0 Å². The molecule has 0 bridgehead atoms. The molecule has 0 aromatic heterocycles. The predicted molar refractivity (Wildman–Crippen MR) is 52.2 cm³/mol. The topological polar surface area (TPSA) is 29.1 Å². The molecule has 1 aliphatic heterocycles. The summed E-state index contributed by atoms with van der Waals surface area (Å²) < 4.78 is 0. The summed E-state index contributed by atoms with van der Waals surface area (Å²) in [7, 11) is 0. The van der Waals surface area contributed by atoms with Crippen LogP contribution in [0.4, 0.5) is 0 Å². The summed E-state index contributed by atoms with van der Waals surface area (Å²) in [5.74, 6) is 3.04. The molecule has 1 aliphatic carbocycles. The van der Waals surface area contributed by atoms with Gasteiger partial charge in [-0.1, -0.05) is 13.8 Å². The lowest BCUT2D eigenvalue weighted by Crippen LogP contribution is -2.52. The third-order valence-electron chi connectivity index (χ3n) is 3.57. The molecule has 2 heteroatoms. The minimum Gasteiger partial charge on any atom is -0.356 e. The Hall–Kier alpha value is -0.530. The molecule has 2 fully saturated rings. The van der Waals surface area contributed by atoms with E-state index in [0.717, 1.165) is 30.7 Å². The maximum atomic E-state index is 11.4. The van der Waals surface area contributed by atoms with Crippen molar-refractivity contribution < 1.29 is 4.79 Å². The molecule has 1 amide bonds. The van der Waals surface area contributed by atoms with E-state index in [2.05, 4.69) is 19.2 Å². The molecule has 0 aromatic carbocycles. The summed E-state index contributed by atoms with van der Waals surface area (Å²) in [6, 6.07) is 0. The largest absolute Gasteiger partial charge is 0.356 e. The summed E-state index contributed by atoms with van der Waals surface area (Å²) in [5, 5.41) is 2.95. The van der Waals surface area contributed by atoms with E-state index in [1.807, 2.05) is 0 Å².